The Morgan fingerprint density at radius 2 is 2.31 bits per heavy atom. The lowest BCUT2D eigenvalue weighted by molar-refractivity contribution is 0.0525. The molecular weight excluding hydrogens is 226 g/mol. The zero-order chi connectivity index (χ0) is 12.1. The van der Waals surface area contributed by atoms with Gasteiger partial charge in [0.2, 0.25) is 0 Å². The van der Waals surface area contributed by atoms with Crippen molar-refractivity contribution in [1.82, 2.24) is 0 Å². The maximum atomic E-state index is 11.5. The zero-order valence-electron chi connectivity index (χ0n) is 8.56. The number of rotatable bonds is 3. The quantitative estimate of drug-likeness (QED) is 0.493. The average Bonchev–Trinajstić information content (AvgIpc) is 2.28. The number of carbonyl (C=O) groups is 2. The van der Waals surface area contributed by atoms with E-state index in [0.717, 1.165) is 0 Å². The van der Waals surface area contributed by atoms with Crippen LogP contribution in [0.15, 0.2) is 17.0 Å². The normalized spacial score (nSPS) is 9.31. The Kier molecular flexibility index (Phi) is 4.09. The van der Waals surface area contributed by atoms with Crippen molar-refractivity contribution in [1.29, 1.82) is 5.26 Å². The highest BCUT2D eigenvalue weighted by Crippen LogP contribution is 2.22. The van der Waals surface area contributed by atoms with Crippen LogP contribution in [0.3, 0.4) is 0 Å². The minimum absolute atomic E-state index is 0.0615. The van der Waals surface area contributed by atoms with Gasteiger partial charge in [0.15, 0.2) is 6.29 Å². The van der Waals surface area contributed by atoms with Crippen molar-refractivity contribution in [3.63, 3.8) is 0 Å². The fourth-order valence-electron chi connectivity index (χ4n) is 1.19. The van der Waals surface area contributed by atoms with Crippen LogP contribution in [-0.4, -0.2) is 18.9 Å². The molecule has 0 amide bonds. The summed E-state index contributed by atoms with van der Waals surface area (Å²) in [5.74, 6) is -0.591. The van der Waals surface area contributed by atoms with Crippen LogP contribution in [0.5, 0.6) is 0 Å². The molecule has 0 N–H and O–H groups in total. The van der Waals surface area contributed by atoms with Crippen LogP contribution in [0.2, 0.25) is 0 Å². The van der Waals surface area contributed by atoms with Gasteiger partial charge < -0.3 is 4.74 Å². The van der Waals surface area contributed by atoms with Crippen LogP contribution in [0.4, 0.5) is 0 Å². The number of thiol groups is 1. The van der Waals surface area contributed by atoms with E-state index in [2.05, 4.69) is 12.6 Å². The number of hydrogen-bond donors (Lipinski definition) is 1. The first-order valence-electron chi connectivity index (χ1n) is 4.54. The van der Waals surface area contributed by atoms with Crippen molar-refractivity contribution in [2.24, 2.45) is 0 Å². The van der Waals surface area contributed by atoms with Crippen molar-refractivity contribution < 1.29 is 14.3 Å². The van der Waals surface area contributed by atoms with Gasteiger partial charge in [-0.3, -0.25) is 4.79 Å². The lowest BCUT2D eigenvalue weighted by Crippen LogP contribution is -2.08. The minimum atomic E-state index is -0.591. The highest BCUT2D eigenvalue weighted by molar-refractivity contribution is 7.80. The maximum Gasteiger partial charge on any atom is 0.339 e. The Balaban J connectivity index is 3.32. The van der Waals surface area contributed by atoms with E-state index in [4.69, 9.17) is 10.00 Å². The number of nitrogens with zero attached hydrogens (tertiary/aromatic N) is 1. The van der Waals surface area contributed by atoms with Gasteiger partial charge in [-0.25, -0.2) is 4.79 Å². The van der Waals surface area contributed by atoms with Gasteiger partial charge in [0.25, 0.3) is 0 Å². The number of hydrogen-bond acceptors (Lipinski definition) is 5. The van der Waals surface area contributed by atoms with Crippen LogP contribution < -0.4 is 0 Å². The molecule has 0 fully saturated rings. The Labute approximate surface area is 98.2 Å². The predicted molar refractivity (Wildman–Crippen MR) is 59.8 cm³/mol. The van der Waals surface area contributed by atoms with E-state index in [-0.39, 0.29) is 28.2 Å². The predicted octanol–water partition coefficient (Wildman–Crippen LogP) is 1.84. The number of ether oxygens (including phenoxy) is 1. The van der Waals surface area contributed by atoms with E-state index in [9.17, 15) is 9.59 Å². The number of aldehydes is 1. The van der Waals surface area contributed by atoms with Crippen LogP contribution in [-0.2, 0) is 4.74 Å². The Morgan fingerprint density at radius 1 is 1.62 bits per heavy atom. The van der Waals surface area contributed by atoms with Crippen LogP contribution >= 0.6 is 12.6 Å². The van der Waals surface area contributed by atoms with Crippen molar-refractivity contribution >= 4 is 24.9 Å². The number of carbonyl (C=O) groups excluding carboxylic acids is 2. The molecule has 0 radical (unpaired) electrons. The highest BCUT2D eigenvalue weighted by atomic mass is 32.1. The fourth-order valence-corrected chi connectivity index (χ4v) is 1.49. The molecular formula is C11H9NO3S. The molecule has 0 aliphatic rings. The third kappa shape index (κ3) is 2.23. The van der Waals surface area contributed by atoms with Gasteiger partial charge in [-0.15, -0.1) is 12.6 Å². The second-order valence-electron chi connectivity index (χ2n) is 2.88. The summed E-state index contributed by atoms with van der Waals surface area (Å²) >= 11 is 4.04. The first-order chi connectivity index (χ1) is 7.65. The summed E-state index contributed by atoms with van der Waals surface area (Å²) in [4.78, 5) is 22.3. The van der Waals surface area contributed by atoms with E-state index >= 15 is 0 Å². The molecule has 0 heterocycles. The van der Waals surface area contributed by atoms with Crippen molar-refractivity contribution in [2.75, 3.05) is 6.61 Å². The molecule has 0 bridgehead atoms. The Bertz CT molecular complexity index is 477. The second kappa shape index (κ2) is 5.33. The smallest absolute Gasteiger partial charge is 0.339 e. The molecule has 4 nitrogen and oxygen atoms in total. The van der Waals surface area contributed by atoms with Crippen molar-refractivity contribution in [2.45, 2.75) is 11.8 Å². The molecule has 5 heteroatoms. The van der Waals surface area contributed by atoms with Gasteiger partial charge in [0.05, 0.1) is 17.7 Å². The SMILES string of the molecule is CCOC(=O)c1ccc(C=O)c(S)c1C#N. The summed E-state index contributed by atoms with van der Waals surface area (Å²) in [5.41, 5.74) is 0.458. The summed E-state index contributed by atoms with van der Waals surface area (Å²) in [6.45, 7) is 1.90. The summed E-state index contributed by atoms with van der Waals surface area (Å²) in [5, 5.41) is 8.91. The van der Waals surface area contributed by atoms with Gasteiger partial charge in [0.1, 0.15) is 6.07 Å². The summed E-state index contributed by atoms with van der Waals surface area (Å²) in [7, 11) is 0. The first kappa shape index (κ1) is 12.3. The minimum Gasteiger partial charge on any atom is -0.462 e. The lowest BCUT2D eigenvalue weighted by atomic mass is 10.1. The number of esters is 1. The van der Waals surface area contributed by atoms with E-state index in [1.54, 1.807) is 6.92 Å². The fraction of sp³-hybridized carbons (Fsp3) is 0.182. The summed E-state index contributed by atoms with van der Waals surface area (Å²) in [6.07, 6.45) is 0.581. The maximum absolute atomic E-state index is 11.5. The second-order valence-corrected chi connectivity index (χ2v) is 3.32. The van der Waals surface area contributed by atoms with E-state index in [1.807, 2.05) is 6.07 Å². The third-order valence-electron chi connectivity index (χ3n) is 1.94. The molecule has 0 spiro atoms. The van der Waals surface area contributed by atoms with Gasteiger partial charge in [0, 0.05) is 10.5 Å². The van der Waals surface area contributed by atoms with Gasteiger partial charge in [-0.2, -0.15) is 5.26 Å². The topological polar surface area (TPSA) is 67.2 Å². The molecule has 0 aromatic heterocycles. The lowest BCUT2D eigenvalue weighted by Gasteiger charge is -2.06. The van der Waals surface area contributed by atoms with Crippen LogP contribution in [0, 0.1) is 11.3 Å². The number of nitriles is 1. The van der Waals surface area contributed by atoms with Gasteiger partial charge in [-0.05, 0) is 19.1 Å². The molecule has 0 atom stereocenters. The molecule has 0 saturated heterocycles. The Morgan fingerprint density at radius 3 is 2.81 bits per heavy atom. The van der Waals surface area contributed by atoms with Gasteiger partial charge in [-0.1, -0.05) is 0 Å². The molecule has 0 aliphatic carbocycles. The Hall–Kier alpha value is -1.80. The first-order valence-corrected chi connectivity index (χ1v) is 4.98. The van der Waals surface area contributed by atoms with E-state index < -0.39 is 5.97 Å². The standard InChI is InChI=1S/C11H9NO3S/c1-2-15-11(14)8-4-3-7(6-13)10(16)9(8)5-12/h3-4,6,16H,2H2,1H3. The molecule has 1 aromatic rings. The molecule has 82 valence electrons. The third-order valence-corrected chi connectivity index (χ3v) is 2.43. The zero-order valence-corrected chi connectivity index (χ0v) is 9.45. The summed E-state index contributed by atoms with van der Waals surface area (Å²) in [6, 6.07) is 4.66. The largest absolute Gasteiger partial charge is 0.462 e. The number of benzene rings is 1. The highest BCUT2D eigenvalue weighted by Gasteiger charge is 2.16. The molecule has 0 aliphatic heterocycles. The molecule has 0 saturated carbocycles. The monoisotopic (exact) mass is 235 g/mol. The average molecular weight is 235 g/mol. The van der Waals surface area contributed by atoms with E-state index in [1.165, 1.54) is 12.1 Å². The summed E-state index contributed by atoms with van der Waals surface area (Å²) < 4.78 is 4.79. The molecule has 1 rings (SSSR count). The molecule has 0 unspecified atom stereocenters. The van der Waals surface area contributed by atoms with Crippen LogP contribution in [0.25, 0.3) is 0 Å². The van der Waals surface area contributed by atoms with Gasteiger partial charge >= 0.3 is 5.97 Å². The van der Waals surface area contributed by atoms with E-state index in [0.29, 0.717) is 6.29 Å². The molecule has 16 heavy (non-hydrogen) atoms. The van der Waals surface area contributed by atoms with Crippen LogP contribution in [0.1, 0.15) is 33.2 Å². The van der Waals surface area contributed by atoms with Crippen molar-refractivity contribution in [3.8, 4) is 6.07 Å². The van der Waals surface area contributed by atoms with Crippen molar-refractivity contribution in [3.05, 3.63) is 28.8 Å². The molecule has 1 aromatic carbocycles.